The van der Waals surface area contributed by atoms with Crippen LogP contribution in [0.5, 0.6) is 0 Å². The summed E-state index contributed by atoms with van der Waals surface area (Å²) in [7, 11) is 2.26. The first-order valence-corrected chi connectivity index (χ1v) is 7.12. The zero-order valence-electron chi connectivity index (χ0n) is 11.1. The maximum atomic E-state index is 8.69. The molecule has 1 saturated carbocycles. The van der Waals surface area contributed by atoms with Crippen LogP contribution < -0.4 is 0 Å². The molecule has 0 radical (unpaired) electrons. The molecule has 2 rings (SSSR count). The summed E-state index contributed by atoms with van der Waals surface area (Å²) in [6, 6.07) is 3.86. The molecular weight excluding hydrogens is 210 g/mol. The molecule has 0 N–H and O–H groups in total. The van der Waals surface area contributed by atoms with Crippen molar-refractivity contribution in [3.8, 4) is 6.07 Å². The Labute approximate surface area is 105 Å². The molecule has 1 unspecified atom stereocenters. The third kappa shape index (κ3) is 3.97. The van der Waals surface area contributed by atoms with E-state index in [1.807, 2.05) is 0 Å². The third-order valence-electron chi connectivity index (χ3n) is 4.25. The Morgan fingerprint density at radius 1 is 1.24 bits per heavy atom. The summed E-state index contributed by atoms with van der Waals surface area (Å²) < 4.78 is 0. The molecule has 0 aromatic carbocycles. The molecule has 1 aliphatic heterocycles. The van der Waals surface area contributed by atoms with Crippen LogP contribution in [-0.4, -0.2) is 48.6 Å². The Bertz CT molecular complexity index is 267. The van der Waals surface area contributed by atoms with E-state index in [0.717, 1.165) is 18.6 Å². The smallest absolute Gasteiger partial charge is 0.0635 e. The van der Waals surface area contributed by atoms with Gasteiger partial charge in [-0.05, 0) is 52.2 Å². The molecule has 2 aliphatic rings. The number of nitrogens with zero attached hydrogens (tertiary/aromatic N) is 3. The first-order chi connectivity index (χ1) is 8.31. The second kappa shape index (κ2) is 6.37. The van der Waals surface area contributed by atoms with Crippen molar-refractivity contribution in [2.75, 3.05) is 26.7 Å². The molecule has 3 heteroatoms. The van der Waals surface area contributed by atoms with E-state index in [0.29, 0.717) is 6.42 Å². The van der Waals surface area contributed by atoms with Gasteiger partial charge in [-0.2, -0.15) is 5.26 Å². The third-order valence-corrected chi connectivity index (χ3v) is 4.25. The van der Waals surface area contributed by atoms with Crippen molar-refractivity contribution in [3.05, 3.63) is 0 Å². The summed E-state index contributed by atoms with van der Waals surface area (Å²) in [4.78, 5) is 5.07. The Morgan fingerprint density at radius 2 is 2.06 bits per heavy atom. The average molecular weight is 235 g/mol. The second-order valence-corrected chi connectivity index (χ2v) is 5.59. The Kier molecular flexibility index (Phi) is 4.82. The second-order valence-electron chi connectivity index (χ2n) is 5.59. The monoisotopic (exact) mass is 235 g/mol. The van der Waals surface area contributed by atoms with Crippen molar-refractivity contribution in [1.29, 1.82) is 5.26 Å². The van der Waals surface area contributed by atoms with Gasteiger partial charge < -0.3 is 4.90 Å². The van der Waals surface area contributed by atoms with E-state index in [4.69, 9.17) is 5.26 Å². The van der Waals surface area contributed by atoms with E-state index in [1.165, 1.54) is 51.6 Å². The lowest BCUT2D eigenvalue weighted by atomic mass is 10.00. The predicted molar refractivity (Wildman–Crippen MR) is 69.7 cm³/mol. The van der Waals surface area contributed by atoms with E-state index in [1.54, 1.807) is 0 Å². The molecule has 0 bridgehead atoms. The van der Waals surface area contributed by atoms with Crippen molar-refractivity contribution >= 4 is 0 Å². The molecular formula is C14H25N3. The van der Waals surface area contributed by atoms with Gasteiger partial charge in [0.15, 0.2) is 0 Å². The lowest BCUT2D eigenvalue weighted by molar-refractivity contribution is 0.152. The zero-order chi connectivity index (χ0) is 12.1. The number of hydrogen-bond donors (Lipinski definition) is 0. The van der Waals surface area contributed by atoms with Gasteiger partial charge in [0, 0.05) is 25.0 Å². The van der Waals surface area contributed by atoms with Gasteiger partial charge in [-0.25, -0.2) is 0 Å². The van der Waals surface area contributed by atoms with Gasteiger partial charge in [-0.15, -0.1) is 0 Å². The normalized spacial score (nSPS) is 26.1. The molecule has 1 saturated heterocycles. The fourth-order valence-corrected chi connectivity index (χ4v) is 2.93. The number of likely N-dealkylation sites (tertiary alicyclic amines) is 1. The molecule has 3 nitrogen and oxygen atoms in total. The van der Waals surface area contributed by atoms with Crippen molar-refractivity contribution in [2.45, 2.75) is 57.0 Å². The minimum atomic E-state index is 0.691. The van der Waals surface area contributed by atoms with Crippen molar-refractivity contribution in [2.24, 2.45) is 0 Å². The number of rotatable bonds is 6. The Balaban J connectivity index is 1.72. The van der Waals surface area contributed by atoms with Crippen LogP contribution in [0.25, 0.3) is 0 Å². The molecule has 17 heavy (non-hydrogen) atoms. The van der Waals surface area contributed by atoms with Gasteiger partial charge in [-0.3, -0.25) is 4.90 Å². The SMILES string of the molecule is CN1CCCCC1CCN(CCC#N)C1CC1. The average Bonchev–Trinajstić information content (AvgIpc) is 3.15. The zero-order valence-corrected chi connectivity index (χ0v) is 11.1. The van der Waals surface area contributed by atoms with Gasteiger partial charge in [0.25, 0.3) is 0 Å². The minimum absolute atomic E-state index is 0.691. The minimum Gasteiger partial charge on any atom is -0.303 e. The first kappa shape index (κ1) is 12.9. The van der Waals surface area contributed by atoms with Crippen LogP contribution in [0.1, 0.15) is 44.9 Å². The van der Waals surface area contributed by atoms with E-state index < -0.39 is 0 Å². The number of piperidine rings is 1. The van der Waals surface area contributed by atoms with Crippen LogP contribution in [0, 0.1) is 11.3 Å². The topological polar surface area (TPSA) is 30.3 Å². The standard InChI is InChI=1S/C14H25N3/c1-16-10-3-2-5-13(16)8-12-17(11-4-9-15)14-6-7-14/h13-14H,2-8,10-12H2,1H3. The fourth-order valence-electron chi connectivity index (χ4n) is 2.93. The maximum Gasteiger partial charge on any atom is 0.0635 e. The molecule has 2 fully saturated rings. The van der Waals surface area contributed by atoms with Crippen molar-refractivity contribution < 1.29 is 0 Å². The van der Waals surface area contributed by atoms with E-state index in [9.17, 15) is 0 Å². The highest BCUT2D eigenvalue weighted by molar-refractivity contribution is 4.87. The molecule has 0 aromatic rings. The summed E-state index contributed by atoms with van der Waals surface area (Å²) in [5.74, 6) is 0. The molecule has 0 amide bonds. The van der Waals surface area contributed by atoms with E-state index in [-0.39, 0.29) is 0 Å². The van der Waals surface area contributed by atoms with Gasteiger partial charge in [-0.1, -0.05) is 6.42 Å². The summed E-state index contributed by atoms with van der Waals surface area (Å²) in [5, 5.41) is 8.69. The lowest BCUT2D eigenvalue weighted by Gasteiger charge is -2.34. The summed E-state index contributed by atoms with van der Waals surface area (Å²) in [6.07, 6.45) is 8.82. The summed E-state index contributed by atoms with van der Waals surface area (Å²) in [6.45, 7) is 3.45. The highest BCUT2D eigenvalue weighted by atomic mass is 15.2. The summed E-state index contributed by atoms with van der Waals surface area (Å²) in [5.41, 5.74) is 0. The molecule has 0 aromatic heterocycles. The Morgan fingerprint density at radius 3 is 2.71 bits per heavy atom. The maximum absolute atomic E-state index is 8.69. The van der Waals surface area contributed by atoms with Gasteiger partial charge in [0.2, 0.25) is 0 Å². The van der Waals surface area contributed by atoms with Crippen molar-refractivity contribution in [1.82, 2.24) is 9.80 Å². The van der Waals surface area contributed by atoms with E-state index >= 15 is 0 Å². The van der Waals surface area contributed by atoms with Crippen LogP contribution in [0.3, 0.4) is 0 Å². The van der Waals surface area contributed by atoms with Gasteiger partial charge in [0.1, 0.15) is 0 Å². The van der Waals surface area contributed by atoms with Crippen LogP contribution in [0.4, 0.5) is 0 Å². The van der Waals surface area contributed by atoms with Crippen LogP contribution >= 0.6 is 0 Å². The highest BCUT2D eigenvalue weighted by Gasteiger charge is 2.29. The largest absolute Gasteiger partial charge is 0.303 e. The van der Waals surface area contributed by atoms with Crippen LogP contribution in [-0.2, 0) is 0 Å². The molecule has 1 atom stereocenters. The molecule has 1 aliphatic carbocycles. The molecule has 96 valence electrons. The fraction of sp³-hybridized carbons (Fsp3) is 0.929. The number of hydrogen-bond acceptors (Lipinski definition) is 3. The first-order valence-electron chi connectivity index (χ1n) is 7.12. The predicted octanol–water partition coefficient (Wildman–Crippen LogP) is 2.24. The van der Waals surface area contributed by atoms with E-state index in [2.05, 4.69) is 22.9 Å². The highest BCUT2D eigenvalue weighted by Crippen LogP contribution is 2.28. The quantitative estimate of drug-likeness (QED) is 0.707. The van der Waals surface area contributed by atoms with Crippen molar-refractivity contribution in [3.63, 3.8) is 0 Å². The van der Waals surface area contributed by atoms with Gasteiger partial charge in [0.05, 0.1) is 6.07 Å². The summed E-state index contributed by atoms with van der Waals surface area (Å²) >= 11 is 0. The van der Waals surface area contributed by atoms with Crippen LogP contribution in [0.15, 0.2) is 0 Å². The Hall–Kier alpha value is -0.590. The molecule has 0 spiro atoms. The molecule has 1 heterocycles. The number of nitriles is 1. The van der Waals surface area contributed by atoms with Crippen LogP contribution in [0.2, 0.25) is 0 Å². The van der Waals surface area contributed by atoms with Gasteiger partial charge >= 0.3 is 0 Å². The lowest BCUT2D eigenvalue weighted by Crippen LogP contribution is -2.39.